The average molecular weight is 348 g/mol. The van der Waals surface area contributed by atoms with Gasteiger partial charge >= 0.3 is 0 Å². The Balaban J connectivity index is 1.38. The minimum absolute atomic E-state index is 0.0299. The monoisotopic (exact) mass is 348 g/mol. The molecule has 0 spiro atoms. The highest BCUT2D eigenvalue weighted by Gasteiger charge is 2.23. The third-order valence-corrected chi connectivity index (χ3v) is 4.93. The van der Waals surface area contributed by atoms with Crippen molar-refractivity contribution in [2.75, 3.05) is 18.0 Å². The van der Waals surface area contributed by atoms with Crippen LogP contribution in [-0.4, -0.2) is 47.9 Å². The summed E-state index contributed by atoms with van der Waals surface area (Å²) in [5.41, 5.74) is 1.39. The van der Waals surface area contributed by atoms with Crippen molar-refractivity contribution in [2.45, 2.75) is 18.9 Å². The average Bonchev–Trinajstić information content (AvgIpc) is 3.17. The number of fused-ring (bicyclic) bond motifs is 2. The lowest BCUT2D eigenvalue weighted by Gasteiger charge is -2.33. The van der Waals surface area contributed by atoms with Crippen molar-refractivity contribution in [1.82, 2.24) is 34.8 Å². The molecule has 130 valence electrons. The molecule has 3 aromatic heterocycles. The smallest absolute Gasteiger partial charge is 0.261 e. The largest absolute Gasteiger partial charge is 0.355 e. The van der Waals surface area contributed by atoms with Gasteiger partial charge in [-0.15, -0.1) is 14.8 Å². The van der Waals surface area contributed by atoms with E-state index in [-0.39, 0.29) is 11.6 Å². The van der Waals surface area contributed by atoms with Gasteiger partial charge in [0.05, 0.1) is 17.2 Å². The zero-order valence-corrected chi connectivity index (χ0v) is 13.9. The molecule has 0 bridgehead atoms. The fourth-order valence-electron chi connectivity index (χ4n) is 3.53. The minimum atomic E-state index is 0.0299. The van der Waals surface area contributed by atoms with Crippen LogP contribution >= 0.6 is 0 Å². The topological polar surface area (TPSA) is 94.1 Å². The lowest BCUT2D eigenvalue weighted by molar-refractivity contribution is 0.384. The number of para-hydroxylation sites is 1. The summed E-state index contributed by atoms with van der Waals surface area (Å²) in [5.74, 6) is 0.840. The van der Waals surface area contributed by atoms with Crippen molar-refractivity contribution in [3.63, 3.8) is 0 Å². The van der Waals surface area contributed by atoms with Gasteiger partial charge in [-0.05, 0) is 47.5 Å². The molecule has 4 heterocycles. The molecule has 0 saturated carbocycles. The van der Waals surface area contributed by atoms with Crippen LogP contribution in [0.25, 0.3) is 16.6 Å². The summed E-state index contributed by atoms with van der Waals surface area (Å²) in [6.07, 6.45) is 3.39. The normalized spacial score (nSPS) is 15.8. The molecule has 0 N–H and O–H groups in total. The summed E-state index contributed by atoms with van der Waals surface area (Å²) in [6, 6.07) is 11.4. The van der Waals surface area contributed by atoms with Crippen molar-refractivity contribution < 1.29 is 0 Å². The van der Waals surface area contributed by atoms with E-state index < -0.39 is 0 Å². The molecular formula is C17H16N8O. The van der Waals surface area contributed by atoms with Crippen LogP contribution in [0.3, 0.4) is 0 Å². The molecule has 9 heteroatoms. The number of aromatic nitrogens is 7. The van der Waals surface area contributed by atoms with Gasteiger partial charge in [0, 0.05) is 19.1 Å². The third kappa shape index (κ3) is 2.40. The second-order valence-corrected chi connectivity index (χ2v) is 6.41. The summed E-state index contributed by atoms with van der Waals surface area (Å²) in [5, 5.41) is 16.4. The molecule has 0 unspecified atom stereocenters. The number of piperidine rings is 1. The van der Waals surface area contributed by atoms with E-state index in [9.17, 15) is 4.79 Å². The lowest BCUT2D eigenvalue weighted by atomic mass is 10.0. The zero-order valence-electron chi connectivity index (χ0n) is 13.9. The number of nitrogens with zero attached hydrogens (tertiary/aromatic N) is 8. The van der Waals surface area contributed by atoms with Gasteiger partial charge < -0.3 is 4.90 Å². The first-order chi connectivity index (χ1) is 12.8. The van der Waals surface area contributed by atoms with Crippen molar-refractivity contribution in [1.29, 1.82) is 0 Å². The van der Waals surface area contributed by atoms with Crippen LogP contribution in [0.15, 0.2) is 47.5 Å². The molecule has 1 aromatic carbocycles. The first-order valence-corrected chi connectivity index (χ1v) is 8.56. The van der Waals surface area contributed by atoms with Crippen LogP contribution in [0.5, 0.6) is 0 Å². The summed E-state index contributed by atoms with van der Waals surface area (Å²) < 4.78 is 3.21. The molecule has 9 nitrogen and oxygen atoms in total. The van der Waals surface area contributed by atoms with E-state index in [4.69, 9.17) is 0 Å². The fraction of sp³-hybridized carbons (Fsp3) is 0.294. The second kappa shape index (κ2) is 5.87. The van der Waals surface area contributed by atoms with E-state index in [1.807, 2.05) is 36.4 Å². The Hall–Kier alpha value is -3.36. The lowest BCUT2D eigenvalue weighted by Crippen LogP contribution is -2.38. The molecule has 0 aliphatic carbocycles. The van der Waals surface area contributed by atoms with E-state index in [0.29, 0.717) is 11.0 Å². The molecule has 1 aliphatic heterocycles. The summed E-state index contributed by atoms with van der Waals surface area (Å²) in [4.78, 5) is 19.4. The zero-order chi connectivity index (χ0) is 17.5. The number of benzene rings is 1. The van der Waals surface area contributed by atoms with Gasteiger partial charge in [-0.25, -0.2) is 4.98 Å². The van der Waals surface area contributed by atoms with Gasteiger partial charge in [0.2, 0.25) is 0 Å². The van der Waals surface area contributed by atoms with Gasteiger partial charge in [0.15, 0.2) is 11.5 Å². The maximum Gasteiger partial charge on any atom is 0.261 e. The van der Waals surface area contributed by atoms with Gasteiger partial charge in [-0.3, -0.25) is 9.36 Å². The van der Waals surface area contributed by atoms with Crippen LogP contribution in [0.4, 0.5) is 5.82 Å². The molecule has 5 rings (SSSR count). The van der Waals surface area contributed by atoms with Crippen molar-refractivity contribution in [2.24, 2.45) is 0 Å². The van der Waals surface area contributed by atoms with Crippen LogP contribution in [0, 0.1) is 0 Å². The molecule has 26 heavy (non-hydrogen) atoms. The van der Waals surface area contributed by atoms with Gasteiger partial charge in [0.25, 0.3) is 5.56 Å². The van der Waals surface area contributed by atoms with Crippen LogP contribution in [0.2, 0.25) is 0 Å². The second-order valence-electron chi connectivity index (χ2n) is 6.41. The highest BCUT2D eigenvalue weighted by atomic mass is 16.1. The summed E-state index contributed by atoms with van der Waals surface area (Å²) in [7, 11) is 0. The highest BCUT2D eigenvalue weighted by molar-refractivity contribution is 5.76. The Morgan fingerprint density at radius 2 is 1.88 bits per heavy atom. The van der Waals surface area contributed by atoms with Gasteiger partial charge in [-0.2, -0.15) is 0 Å². The van der Waals surface area contributed by atoms with Crippen LogP contribution in [0.1, 0.15) is 18.9 Å². The quantitative estimate of drug-likeness (QED) is 0.535. The maximum absolute atomic E-state index is 12.8. The Kier molecular flexibility index (Phi) is 3.37. The predicted molar refractivity (Wildman–Crippen MR) is 95.1 cm³/mol. The van der Waals surface area contributed by atoms with Crippen molar-refractivity contribution in [3.8, 4) is 0 Å². The molecule has 4 aromatic rings. The standard InChI is InChI=1S/C17H16N8O/c26-17-13-3-1-2-4-14(13)18-11-24(17)12-7-9-23(10-8-12)16-6-5-15-19-21-22-25(15)20-16/h1-6,11-12H,7-10H2. The van der Waals surface area contributed by atoms with Gasteiger partial charge in [0.1, 0.15) is 0 Å². The Bertz CT molecular complexity index is 1140. The van der Waals surface area contributed by atoms with E-state index in [2.05, 4.69) is 30.5 Å². The number of hydrogen-bond acceptors (Lipinski definition) is 7. The van der Waals surface area contributed by atoms with Crippen molar-refractivity contribution in [3.05, 3.63) is 53.1 Å². The summed E-state index contributed by atoms with van der Waals surface area (Å²) >= 11 is 0. The maximum atomic E-state index is 12.8. The first kappa shape index (κ1) is 14.9. The molecule has 1 aliphatic rings. The van der Waals surface area contributed by atoms with E-state index in [0.717, 1.165) is 37.3 Å². The van der Waals surface area contributed by atoms with E-state index in [1.54, 1.807) is 10.9 Å². The third-order valence-electron chi connectivity index (χ3n) is 4.93. The van der Waals surface area contributed by atoms with Crippen LogP contribution in [-0.2, 0) is 0 Å². The number of hydrogen-bond donors (Lipinski definition) is 0. The fourth-order valence-corrected chi connectivity index (χ4v) is 3.53. The van der Waals surface area contributed by atoms with E-state index >= 15 is 0 Å². The Morgan fingerprint density at radius 3 is 2.77 bits per heavy atom. The van der Waals surface area contributed by atoms with Crippen LogP contribution < -0.4 is 10.5 Å². The predicted octanol–water partition coefficient (Wildman–Crippen LogP) is 1.07. The molecule has 0 atom stereocenters. The van der Waals surface area contributed by atoms with Gasteiger partial charge in [-0.1, -0.05) is 12.1 Å². The molecule has 0 amide bonds. The SMILES string of the molecule is O=c1c2ccccc2ncn1C1CCN(c2ccc3nnnn3n2)CC1. The molecular weight excluding hydrogens is 332 g/mol. The van der Waals surface area contributed by atoms with Crippen molar-refractivity contribution >= 4 is 22.4 Å². The Labute approximate surface area is 147 Å². The molecule has 1 fully saturated rings. The Morgan fingerprint density at radius 1 is 1.04 bits per heavy atom. The number of tetrazole rings is 1. The molecule has 0 radical (unpaired) electrons. The highest BCUT2D eigenvalue weighted by Crippen LogP contribution is 2.24. The molecule has 1 saturated heterocycles. The minimum Gasteiger partial charge on any atom is -0.355 e. The number of rotatable bonds is 2. The van der Waals surface area contributed by atoms with E-state index in [1.165, 1.54) is 4.63 Å². The number of anilines is 1. The summed E-state index contributed by atoms with van der Waals surface area (Å²) in [6.45, 7) is 1.62. The first-order valence-electron chi connectivity index (χ1n) is 8.56.